The number of para-hydroxylation sites is 1. The van der Waals surface area contributed by atoms with Crippen LogP contribution in [0.4, 0.5) is 25.8 Å². The van der Waals surface area contributed by atoms with E-state index in [1.807, 2.05) is 65.6 Å². The number of nitrogens with two attached hydrogens (primary N) is 2. The van der Waals surface area contributed by atoms with E-state index in [2.05, 4.69) is 17.5 Å². The van der Waals surface area contributed by atoms with E-state index in [1.165, 1.54) is 11.6 Å². The Balaban J connectivity index is 1.19. The minimum atomic E-state index is -0.712. The summed E-state index contributed by atoms with van der Waals surface area (Å²) in [5, 5.41) is 0. The lowest BCUT2D eigenvalue weighted by Crippen LogP contribution is -2.43. The number of anilines is 3. The molecule has 2 heterocycles. The summed E-state index contributed by atoms with van der Waals surface area (Å²) in [5.41, 5.74) is 16.0. The van der Waals surface area contributed by atoms with Crippen LogP contribution in [0.5, 0.6) is 11.6 Å². The first-order chi connectivity index (χ1) is 20.4. The lowest BCUT2D eigenvalue weighted by molar-refractivity contribution is 0.204. The molecule has 2 fully saturated rings. The molecule has 0 spiro atoms. The zero-order chi connectivity index (χ0) is 29.2. The molecule has 1 aromatic heterocycles. The van der Waals surface area contributed by atoms with Crippen LogP contribution in [0.15, 0.2) is 85.4 Å². The number of likely N-dealkylation sites (tertiary alicyclic amines) is 1. The number of nitrogen functional groups attached to an aromatic ring is 1. The zero-order valence-corrected chi connectivity index (χ0v) is 23.5. The van der Waals surface area contributed by atoms with Gasteiger partial charge in [-0.05, 0) is 73.7 Å². The molecule has 4 aromatic rings. The van der Waals surface area contributed by atoms with Crippen molar-refractivity contribution < 1.29 is 13.5 Å². The summed E-state index contributed by atoms with van der Waals surface area (Å²) in [6.45, 7) is 6.14. The fourth-order valence-electron chi connectivity index (χ4n) is 5.72. The summed E-state index contributed by atoms with van der Waals surface area (Å²) in [4.78, 5) is 9.31. The van der Waals surface area contributed by atoms with E-state index >= 15 is 4.39 Å². The predicted molar refractivity (Wildman–Crippen MR) is 164 cm³/mol. The van der Waals surface area contributed by atoms with Gasteiger partial charge in [-0.25, -0.2) is 13.8 Å². The Kier molecular flexibility index (Phi) is 7.80. The highest BCUT2D eigenvalue weighted by atomic mass is 19.1. The molecule has 0 radical (unpaired) electrons. The van der Waals surface area contributed by atoms with E-state index in [9.17, 15) is 4.39 Å². The van der Waals surface area contributed by atoms with Crippen LogP contribution in [-0.4, -0.2) is 29.0 Å². The van der Waals surface area contributed by atoms with Crippen LogP contribution in [0.2, 0.25) is 0 Å². The van der Waals surface area contributed by atoms with Gasteiger partial charge < -0.3 is 21.1 Å². The van der Waals surface area contributed by atoms with Gasteiger partial charge in [0.2, 0.25) is 5.88 Å². The van der Waals surface area contributed by atoms with Crippen LogP contribution in [-0.2, 0) is 6.54 Å². The minimum Gasteiger partial charge on any atom is -0.439 e. The highest BCUT2D eigenvalue weighted by Gasteiger charge is 2.31. The van der Waals surface area contributed by atoms with E-state index < -0.39 is 11.6 Å². The Bertz CT molecular complexity index is 1570. The van der Waals surface area contributed by atoms with Crippen LogP contribution in [0.1, 0.15) is 48.4 Å². The number of hydrogen-bond donors (Lipinski definition) is 2. The number of ether oxygens (including phenoxy) is 1. The maximum atomic E-state index is 15.3. The Morgan fingerprint density at radius 1 is 0.929 bits per heavy atom. The van der Waals surface area contributed by atoms with E-state index in [0.717, 1.165) is 62.8 Å². The molecule has 0 atom stereocenters. The Morgan fingerprint density at radius 3 is 2.31 bits per heavy atom. The Labute approximate surface area is 245 Å². The summed E-state index contributed by atoms with van der Waals surface area (Å²) in [6.07, 6.45) is 3.91. The Hall–Kier alpha value is -4.43. The van der Waals surface area contributed by atoms with E-state index in [-0.39, 0.29) is 17.3 Å². The lowest BCUT2D eigenvalue weighted by Gasteiger charge is -2.40. The molecular weight excluding hydrogens is 532 g/mol. The number of aromatic nitrogens is 1. The number of pyridine rings is 1. The van der Waals surface area contributed by atoms with Crippen LogP contribution >= 0.6 is 0 Å². The molecule has 8 heteroatoms. The highest BCUT2D eigenvalue weighted by molar-refractivity contribution is 5.71. The van der Waals surface area contributed by atoms with Crippen LogP contribution in [0, 0.1) is 11.6 Å². The van der Waals surface area contributed by atoms with Gasteiger partial charge >= 0.3 is 0 Å². The molecule has 42 heavy (non-hydrogen) atoms. The standard InChI is InChI=1S/C34H35F2N5O/c1-22(37)29-19-32(31(36)20-30(29)35)41(26-5-3-2-4-6-26)27-15-17-40(18-16-27)21-24-9-14-33(39-34(24)23-7-8-23)42-28-12-10-25(38)11-13-28/h2-6,9-14,19-20,23,27H,1,7-8,15-18,21,37-38H2. The molecule has 1 aliphatic heterocycles. The van der Waals surface area contributed by atoms with Crippen molar-refractivity contribution in [2.45, 2.75) is 44.2 Å². The molecule has 0 amide bonds. The molecule has 1 saturated carbocycles. The normalized spacial score (nSPS) is 15.9. The summed E-state index contributed by atoms with van der Waals surface area (Å²) in [6, 6.07) is 23.5. The van der Waals surface area contributed by atoms with Crippen LogP contribution < -0.4 is 21.1 Å². The number of halogens is 2. The van der Waals surface area contributed by atoms with Gasteiger partial charge in [0.1, 0.15) is 17.4 Å². The average molecular weight is 568 g/mol. The van der Waals surface area contributed by atoms with Gasteiger partial charge in [-0.3, -0.25) is 4.90 Å². The van der Waals surface area contributed by atoms with Gasteiger partial charge in [0.05, 0.1) is 11.4 Å². The Morgan fingerprint density at radius 2 is 1.64 bits per heavy atom. The lowest BCUT2D eigenvalue weighted by atomic mass is 9.99. The molecule has 0 unspecified atom stereocenters. The zero-order valence-electron chi connectivity index (χ0n) is 23.5. The van der Waals surface area contributed by atoms with Crippen molar-refractivity contribution in [3.05, 3.63) is 114 Å². The molecule has 4 N–H and O–H groups in total. The van der Waals surface area contributed by atoms with Crippen molar-refractivity contribution in [1.29, 1.82) is 0 Å². The largest absolute Gasteiger partial charge is 0.439 e. The van der Waals surface area contributed by atoms with E-state index in [1.54, 1.807) is 0 Å². The van der Waals surface area contributed by atoms with Crippen molar-refractivity contribution >= 4 is 22.8 Å². The second kappa shape index (κ2) is 11.8. The molecule has 1 saturated heterocycles. The third kappa shape index (κ3) is 6.09. The monoisotopic (exact) mass is 567 g/mol. The first kappa shape index (κ1) is 27.7. The van der Waals surface area contributed by atoms with Crippen molar-refractivity contribution in [3.8, 4) is 11.6 Å². The summed E-state index contributed by atoms with van der Waals surface area (Å²) >= 11 is 0. The molecular formula is C34H35F2N5O. The third-order valence-corrected chi connectivity index (χ3v) is 8.05. The minimum absolute atomic E-state index is 0.0270. The molecule has 2 aliphatic rings. The van der Waals surface area contributed by atoms with Gasteiger partial charge in [-0.1, -0.05) is 30.8 Å². The van der Waals surface area contributed by atoms with Gasteiger partial charge in [0.15, 0.2) is 0 Å². The fourth-order valence-corrected chi connectivity index (χ4v) is 5.72. The maximum Gasteiger partial charge on any atom is 0.219 e. The van der Waals surface area contributed by atoms with Gasteiger partial charge in [-0.15, -0.1) is 0 Å². The second-order valence-corrected chi connectivity index (χ2v) is 11.2. The van der Waals surface area contributed by atoms with Crippen molar-refractivity contribution in [2.75, 3.05) is 23.7 Å². The molecule has 6 rings (SSSR count). The maximum absolute atomic E-state index is 15.3. The number of hydrogen-bond acceptors (Lipinski definition) is 6. The molecule has 0 bridgehead atoms. The molecule has 216 valence electrons. The average Bonchev–Trinajstić information content (AvgIpc) is 3.83. The summed E-state index contributed by atoms with van der Waals surface area (Å²) in [7, 11) is 0. The SMILES string of the molecule is C=C(N)c1cc(N(c2ccccc2)C2CCN(Cc3ccc(Oc4ccc(N)cc4)nc3C3CC3)CC2)c(F)cc1F. The number of nitrogens with zero attached hydrogens (tertiary/aromatic N) is 3. The topological polar surface area (TPSA) is 80.6 Å². The highest BCUT2D eigenvalue weighted by Crippen LogP contribution is 2.42. The van der Waals surface area contributed by atoms with Crippen molar-refractivity contribution in [2.24, 2.45) is 5.73 Å². The van der Waals surface area contributed by atoms with Crippen LogP contribution in [0.3, 0.4) is 0 Å². The van der Waals surface area contributed by atoms with Gasteiger partial charge in [0.25, 0.3) is 0 Å². The van der Waals surface area contributed by atoms with Gasteiger partial charge in [0, 0.05) is 66.4 Å². The summed E-state index contributed by atoms with van der Waals surface area (Å²) < 4.78 is 35.8. The third-order valence-electron chi connectivity index (χ3n) is 8.05. The first-order valence-corrected chi connectivity index (χ1v) is 14.4. The van der Waals surface area contributed by atoms with Crippen LogP contribution in [0.25, 0.3) is 5.70 Å². The molecule has 3 aromatic carbocycles. The quantitative estimate of drug-likeness (QED) is 0.206. The van der Waals surface area contributed by atoms with E-state index in [4.69, 9.17) is 21.2 Å². The predicted octanol–water partition coefficient (Wildman–Crippen LogP) is 7.34. The second-order valence-electron chi connectivity index (χ2n) is 11.2. The fraction of sp³-hybridized carbons (Fsp3) is 0.265. The van der Waals surface area contributed by atoms with E-state index in [0.29, 0.717) is 28.9 Å². The number of piperidine rings is 1. The van der Waals surface area contributed by atoms with Crippen molar-refractivity contribution in [3.63, 3.8) is 0 Å². The molecule has 1 aliphatic carbocycles. The first-order valence-electron chi connectivity index (χ1n) is 14.4. The van der Waals surface area contributed by atoms with Crippen molar-refractivity contribution in [1.82, 2.24) is 9.88 Å². The smallest absolute Gasteiger partial charge is 0.219 e. The molecule has 6 nitrogen and oxygen atoms in total. The number of rotatable bonds is 9. The number of benzene rings is 3. The summed E-state index contributed by atoms with van der Waals surface area (Å²) in [5.74, 6) is 0.427. The van der Waals surface area contributed by atoms with Gasteiger partial charge in [-0.2, -0.15) is 0 Å².